The first-order valence-electron chi connectivity index (χ1n) is 6.98. The number of oxazole rings is 1. The summed E-state index contributed by atoms with van der Waals surface area (Å²) in [5.41, 5.74) is 2.84. The molecule has 0 atom stereocenters. The molecule has 4 aromatic rings. The SMILES string of the molecule is CCc1ccc2oc(-c3ccc(-c4ccc(I)o4)o3)nc2c1. The van der Waals surface area contributed by atoms with Crippen molar-refractivity contribution in [2.45, 2.75) is 13.3 Å². The molecule has 0 saturated carbocycles. The van der Waals surface area contributed by atoms with Crippen molar-refractivity contribution in [2.24, 2.45) is 0 Å². The highest BCUT2D eigenvalue weighted by Gasteiger charge is 2.15. The van der Waals surface area contributed by atoms with Crippen molar-refractivity contribution in [2.75, 3.05) is 0 Å². The number of halogens is 1. The van der Waals surface area contributed by atoms with Crippen molar-refractivity contribution >= 4 is 33.7 Å². The van der Waals surface area contributed by atoms with Gasteiger partial charge < -0.3 is 13.3 Å². The topological polar surface area (TPSA) is 52.3 Å². The molecule has 0 aliphatic carbocycles. The van der Waals surface area contributed by atoms with Crippen LogP contribution in [0.15, 0.2) is 55.7 Å². The monoisotopic (exact) mass is 405 g/mol. The maximum absolute atomic E-state index is 5.80. The van der Waals surface area contributed by atoms with Gasteiger partial charge in [-0.2, -0.15) is 0 Å². The Morgan fingerprint density at radius 1 is 0.909 bits per heavy atom. The van der Waals surface area contributed by atoms with E-state index in [1.54, 1.807) is 0 Å². The van der Waals surface area contributed by atoms with E-state index < -0.39 is 0 Å². The number of hydrogen-bond donors (Lipinski definition) is 0. The van der Waals surface area contributed by atoms with Crippen LogP contribution < -0.4 is 0 Å². The number of rotatable bonds is 3. The molecule has 0 fully saturated rings. The third-order valence-electron chi connectivity index (χ3n) is 3.49. The third kappa shape index (κ3) is 2.35. The first-order valence-corrected chi connectivity index (χ1v) is 8.06. The Morgan fingerprint density at radius 3 is 2.45 bits per heavy atom. The van der Waals surface area contributed by atoms with Crippen LogP contribution in [0.4, 0.5) is 0 Å². The van der Waals surface area contributed by atoms with Crippen LogP contribution in [0.25, 0.3) is 34.3 Å². The van der Waals surface area contributed by atoms with Gasteiger partial charge in [0, 0.05) is 0 Å². The molecule has 4 nitrogen and oxygen atoms in total. The summed E-state index contributed by atoms with van der Waals surface area (Å²) in [6, 6.07) is 13.5. The molecule has 4 rings (SSSR count). The summed E-state index contributed by atoms with van der Waals surface area (Å²) in [4.78, 5) is 4.51. The Kier molecular flexibility index (Phi) is 3.29. The maximum Gasteiger partial charge on any atom is 0.263 e. The van der Waals surface area contributed by atoms with Gasteiger partial charge in [-0.15, -0.1) is 0 Å². The van der Waals surface area contributed by atoms with E-state index in [4.69, 9.17) is 13.3 Å². The summed E-state index contributed by atoms with van der Waals surface area (Å²) in [6.45, 7) is 2.12. The van der Waals surface area contributed by atoms with Crippen molar-refractivity contribution in [3.05, 3.63) is 51.8 Å². The molecule has 0 aliphatic heterocycles. The maximum atomic E-state index is 5.80. The number of nitrogens with zero attached hydrogens (tertiary/aromatic N) is 1. The van der Waals surface area contributed by atoms with Crippen LogP contribution in [0.5, 0.6) is 0 Å². The Hall–Kier alpha value is -2.02. The first-order chi connectivity index (χ1) is 10.7. The van der Waals surface area contributed by atoms with Crippen LogP contribution in [0.2, 0.25) is 0 Å². The second-order valence-corrected chi connectivity index (χ2v) is 6.01. The zero-order valence-electron chi connectivity index (χ0n) is 11.8. The van der Waals surface area contributed by atoms with Crippen LogP contribution in [0.1, 0.15) is 12.5 Å². The highest BCUT2D eigenvalue weighted by molar-refractivity contribution is 14.1. The van der Waals surface area contributed by atoms with Crippen molar-refractivity contribution in [1.82, 2.24) is 4.98 Å². The zero-order valence-corrected chi connectivity index (χ0v) is 14.0. The van der Waals surface area contributed by atoms with Gasteiger partial charge in [-0.3, -0.25) is 0 Å². The molecule has 1 aromatic carbocycles. The van der Waals surface area contributed by atoms with Crippen LogP contribution in [-0.4, -0.2) is 4.98 Å². The van der Waals surface area contributed by atoms with E-state index in [0.29, 0.717) is 23.2 Å². The number of fused-ring (bicyclic) bond motifs is 1. The average Bonchev–Trinajstić information content (AvgIpc) is 3.24. The van der Waals surface area contributed by atoms with Gasteiger partial charge in [-0.05, 0) is 71.0 Å². The van der Waals surface area contributed by atoms with E-state index in [1.165, 1.54) is 5.56 Å². The smallest absolute Gasteiger partial charge is 0.263 e. The molecule has 0 N–H and O–H groups in total. The van der Waals surface area contributed by atoms with Crippen molar-refractivity contribution in [3.63, 3.8) is 0 Å². The summed E-state index contributed by atoms with van der Waals surface area (Å²) < 4.78 is 17.9. The lowest BCUT2D eigenvalue weighted by Crippen LogP contribution is -1.78. The second kappa shape index (κ2) is 5.31. The van der Waals surface area contributed by atoms with E-state index in [9.17, 15) is 0 Å². The van der Waals surface area contributed by atoms with Gasteiger partial charge in [0.1, 0.15) is 5.52 Å². The summed E-state index contributed by atoms with van der Waals surface area (Å²) >= 11 is 2.12. The number of furan rings is 2. The molecular weight excluding hydrogens is 393 g/mol. The quantitative estimate of drug-likeness (QED) is 0.422. The molecular formula is C17H12INO3. The summed E-state index contributed by atoms with van der Waals surface area (Å²) in [5, 5.41) is 0. The van der Waals surface area contributed by atoms with E-state index in [2.05, 4.69) is 40.6 Å². The minimum Gasteiger partial charge on any atom is -0.448 e. The van der Waals surface area contributed by atoms with Gasteiger partial charge in [0.05, 0.1) is 0 Å². The highest BCUT2D eigenvalue weighted by Crippen LogP contribution is 2.31. The summed E-state index contributed by atoms with van der Waals surface area (Å²) in [7, 11) is 0. The molecule has 3 heterocycles. The van der Waals surface area contributed by atoms with E-state index in [-0.39, 0.29) is 0 Å². The van der Waals surface area contributed by atoms with Gasteiger partial charge in [0.15, 0.2) is 26.6 Å². The summed E-state index contributed by atoms with van der Waals surface area (Å²) in [6.07, 6.45) is 0.972. The zero-order chi connectivity index (χ0) is 15.1. The summed E-state index contributed by atoms with van der Waals surface area (Å²) in [5.74, 6) is 2.43. The predicted molar refractivity (Wildman–Crippen MR) is 91.5 cm³/mol. The van der Waals surface area contributed by atoms with Gasteiger partial charge >= 0.3 is 0 Å². The molecule has 0 aliphatic rings. The molecule has 0 unspecified atom stereocenters. The van der Waals surface area contributed by atoms with E-state index in [0.717, 1.165) is 21.3 Å². The lowest BCUT2D eigenvalue weighted by Gasteiger charge is -1.92. The highest BCUT2D eigenvalue weighted by atomic mass is 127. The Labute approximate surface area is 140 Å². The number of aryl methyl sites for hydroxylation is 1. The van der Waals surface area contributed by atoms with Gasteiger partial charge in [0.2, 0.25) is 0 Å². The Morgan fingerprint density at radius 2 is 1.68 bits per heavy atom. The van der Waals surface area contributed by atoms with E-state index >= 15 is 0 Å². The molecule has 0 amide bonds. The molecule has 0 radical (unpaired) electrons. The lowest BCUT2D eigenvalue weighted by molar-refractivity contribution is 0.502. The van der Waals surface area contributed by atoms with Crippen molar-refractivity contribution in [1.29, 1.82) is 0 Å². The van der Waals surface area contributed by atoms with Crippen LogP contribution in [0.3, 0.4) is 0 Å². The molecule has 110 valence electrons. The second-order valence-electron chi connectivity index (χ2n) is 4.94. The molecule has 0 bridgehead atoms. The fourth-order valence-corrected chi connectivity index (χ4v) is 2.75. The number of aromatic nitrogens is 1. The molecule has 5 heteroatoms. The first kappa shape index (κ1) is 13.6. The normalized spacial score (nSPS) is 11.4. The molecule has 3 aromatic heterocycles. The standard InChI is InChI=1S/C17H12INO3/c1-2-10-3-4-12-11(9-10)19-17(22-12)15-6-5-13(20-15)14-7-8-16(18)21-14/h3-9H,2H2,1H3. The number of hydrogen-bond acceptors (Lipinski definition) is 4. The van der Waals surface area contributed by atoms with E-state index in [1.807, 2.05) is 36.4 Å². The fraction of sp³-hybridized carbons (Fsp3) is 0.118. The molecule has 0 spiro atoms. The molecule has 0 saturated heterocycles. The lowest BCUT2D eigenvalue weighted by atomic mass is 10.1. The van der Waals surface area contributed by atoms with Crippen molar-refractivity contribution in [3.8, 4) is 23.2 Å². The van der Waals surface area contributed by atoms with Crippen LogP contribution >= 0.6 is 22.6 Å². The van der Waals surface area contributed by atoms with Crippen LogP contribution in [0, 0.1) is 3.77 Å². The van der Waals surface area contributed by atoms with Gasteiger partial charge in [0.25, 0.3) is 5.89 Å². The number of benzene rings is 1. The third-order valence-corrected chi connectivity index (χ3v) is 4.07. The Bertz CT molecular complexity index is 948. The average molecular weight is 405 g/mol. The predicted octanol–water partition coefficient (Wildman–Crippen LogP) is 5.51. The molecule has 22 heavy (non-hydrogen) atoms. The van der Waals surface area contributed by atoms with Gasteiger partial charge in [-0.1, -0.05) is 13.0 Å². The minimum atomic E-state index is 0.482. The fourth-order valence-electron chi connectivity index (χ4n) is 2.33. The van der Waals surface area contributed by atoms with Gasteiger partial charge in [-0.25, -0.2) is 4.98 Å². The minimum absolute atomic E-state index is 0.482. The largest absolute Gasteiger partial charge is 0.448 e. The Balaban J connectivity index is 1.74. The van der Waals surface area contributed by atoms with Crippen LogP contribution in [-0.2, 0) is 6.42 Å². The van der Waals surface area contributed by atoms with Crippen molar-refractivity contribution < 1.29 is 13.3 Å².